The van der Waals surface area contributed by atoms with Crippen molar-refractivity contribution < 1.29 is 14.3 Å². The Labute approximate surface area is 105 Å². The number of Topliss-reactive ketones (excluding diaryl/α,β-unsaturated/α-hetero) is 1. The van der Waals surface area contributed by atoms with Crippen molar-refractivity contribution in [1.82, 2.24) is 0 Å². The summed E-state index contributed by atoms with van der Waals surface area (Å²) in [6.45, 7) is 1.92. The summed E-state index contributed by atoms with van der Waals surface area (Å²) in [7, 11) is 0. The van der Waals surface area contributed by atoms with Gasteiger partial charge in [0.15, 0.2) is 0 Å². The minimum Gasteiger partial charge on any atom is -0.460 e. The molecule has 0 atom stereocenters. The van der Waals surface area contributed by atoms with Crippen LogP contribution in [0.15, 0.2) is 29.2 Å². The Balaban J connectivity index is 2.17. The molecule has 1 saturated carbocycles. The summed E-state index contributed by atoms with van der Waals surface area (Å²) in [5.41, 5.74) is 0.461. The van der Waals surface area contributed by atoms with Crippen molar-refractivity contribution >= 4 is 23.5 Å². The quantitative estimate of drug-likeness (QED) is 0.458. The van der Waals surface area contributed by atoms with E-state index in [4.69, 9.17) is 4.74 Å². The summed E-state index contributed by atoms with van der Waals surface area (Å²) in [5, 5.41) is 0.603. The van der Waals surface area contributed by atoms with Crippen molar-refractivity contribution in [2.24, 2.45) is 0 Å². The van der Waals surface area contributed by atoms with Crippen LogP contribution < -0.4 is 0 Å². The number of esters is 1. The lowest BCUT2D eigenvalue weighted by Crippen LogP contribution is -2.18. The van der Waals surface area contributed by atoms with Gasteiger partial charge >= 0.3 is 5.97 Å². The molecule has 90 valence electrons. The third-order valence-corrected chi connectivity index (χ3v) is 3.83. The Morgan fingerprint density at radius 1 is 1.35 bits per heavy atom. The Hall–Kier alpha value is -1.29. The Morgan fingerprint density at radius 2 is 2.06 bits per heavy atom. The van der Waals surface area contributed by atoms with E-state index >= 15 is 0 Å². The Morgan fingerprint density at radius 3 is 2.71 bits per heavy atom. The van der Waals surface area contributed by atoms with Crippen LogP contribution in [-0.4, -0.2) is 23.6 Å². The molecule has 1 aromatic carbocycles. The number of carbonyl (C=O) groups is 2. The van der Waals surface area contributed by atoms with Crippen LogP contribution in [0.25, 0.3) is 0 Å². The average Bonchev–Trinajstić information content (AvgIpc) is 3.13. The summed E-state index contributed by atoms with van der Waals surface area (Å²) in [4.78, 5) is 24.2. The first kappa shape index (κ1) is 12.2. The van der Waals surface area contributed by atoms with Crippen LogP contribution in [0, 0.1) is 0 Å². The predicted molar refractivity (Wildman–Crippen MR) is 66.3 cm³/mol. The maximum absolute atomic E-state index is 11.9. The van der Waals surface area contributed by atoms with Gasteiger partial charge in [-0.3, -0.25) is 4.79 Å². The van der Waals surface area contributed by atoms with Crippen molar-refractivity contribution in [3.8, 4) is 0 Å². The van der Waals surface area contributed by atoms with E-state index in [-0.39, 0.29) is 6.61 Å². The maximum Gasteiger partial charge on any atom is 0.379 e. The number of hydrogen-bond acceptors (Lipinski definition) is 4. The SMILES string of the molecule is CCOC(=O)C(=O)c1ccccc1SC1CC1. The first-order chi connectivity index (χ1) is 8.22. The smallest absolute Gasteiger partial charge is 0.379 e. The number of thioether (sulfide) groups is 1. The van der Waals surface area contributed by atoms with Gasteiger partial charge in [-0.2, -0.15) is 0 Å². The molecule has 4 heteroatoms. The van der Waals surface area contributed by atoms with E-state index in [9.17, 15) is 9.59 Å². The lowest BCUT2D eigenvalue weighted by atomic mass is 10.1. The molecule has 0 bridgehead atoms. The first-order valence-electron chi connectivity index (χ1n) is 5.69. The fourth-order valence-electron chi connectivity index (χ4n) is 1.43. The maximum atomic E-state index is 11.9. The lowest BCUT2D eigenvalue weighted by Gasteiger charge is -2.06. The minimum absolute atomic E-state index is 0.225. The standard InChI is InChI=1S/C13H14O3S/c1-2-16-13(15)12(14)10-5-3-4-6-11(10)17-9-7-8-9/h3-6,9H,2,7-8H2,1H3. The molecule has 3 nitrogen and oxygen atoms in total. The molecule has 0 unspecified atom stereocenters. The van der Waals surface area contributed by atoms with E-state index in [1.54, 1.807) is 30.8 Å². The van der Waals surface area contributed by atoms with Crippen LogP contribution >= 0.6 is 11.8 Å². The summed E-state index contributed by atoms with van der Waals surface area (Å²) in [6, 6.07) is 7.22. The number of carbonyl (C=O) groups excluding carboxylic acids is 2. The molecule has 2 rings (SSSR count). The summed E-state index contributed by atoms with van der Waals surface area (Å²) >= 11 is 1.67. The number of ketones is 1. The fraction of sp³-hybridized carbons (Fsp3) is 0.385. The van der Waals surface area contributed by atoms with Gasteiger partial charge in [0.1, 0.15) is 0 Å². The molecule has 0 N–H and O–H groups in total. The zero-order valence-electron chi connectivity index (χ0n) is 9.64. The van der Waals surface area contributed by atoms with Crippen LogP contribution in [-0.2, 0) is 9.53 Å². The van der Waals surface area contributed by atoms with Gasteiger partial charge in [0, 0.05) is 15.7 Å². The van der Waals surface area contributed by atoms with Gasteiger partial charge in [-0.25, -0.2) is 4.79 Å². The highest BCUT2D eigenvalue weighted by Crippen LogP contribution is 2.40. The number of ether oxygens (including phenoxy) is 1. The molecule has 0 aromatic heterocycles. The zero-order chi connectivity index (χ0) is 12.3. The van der Waals surface area contributed by atoms with E-state index in [1.807, 2.05) is 12.1 Å². The lowest BCUT2D eigenvalue weighted by molar-refractivity contribution is -0.137. The van der Waals surface area contributed by atoms with E-state index < -0.39 is 11.8 Å². The van der Waals surface area contributed by atoms with E-state index in [2.05, 4.69) is 0 Å². The number of benzene rings is 1. The highest BCUT2D eigenvalue weighted by Gasteiger charge is 2.26. The molecule has 0 aliphatic heterocycles. The fourth-order valence-corrected chi connectivity index (χ4v) is 2.60. The number of hydrogen-bond donors (Lipinski definition) is 0. The van der Waals surface area contributed by atoms with Gasteiger partial charge < -0.3 is 4.74 Å². The minimum atomic E-state index is -0.767. The van der Waals surface area contributed by atoms with Crippen molar-refractivity contribution in [3.63, 3.8) is 0 Å². The Kier molecular flexibility index (Phi) is 3.84. The second-order valence-corrected chi connectivity index (χ2v) is 5.21. The molecule has 0 saturated heterocycles. The van der Waals surface area contributed by atoms with Crippen LogP contribution in [0.4, 0.5) is 0 Å². The summed E-state index contributed by atoms with van der Waals surface area (Å²) < 4.78 is 4.74. The van der Waals surface area contributed by atoms with E-state index in [0.29, 0.717) is 10.8 Å². The molecular weight excluding hydrogens is 236 g/mol. The topological polar surface area (TPSA) is 43.4 Å². The van der Waals surface area contributed by atoms with E-state index in [0.717, 1.165) is 4.90 Å². The molecule has 0 amide bonds. The largest absolute Gasteiger partial charge is 0.460 e. The molecule has 0 spiro atoms. The highest BCUT2D eigenvalue weighted by molar-refractivity contribution is 8.00. The van der Waals surface area contributed by atoms with Crippen molar-refractivity contribution in [2.45, 2.75) is 29.9 Å². The van der Waals surface area contributed by atoms with Crippen molar-refractivity contribution in [1.29, 1.82) is 0 Å². The molecule has 0 radical (unpaired) electrons. The van der Waals surface area contributed by atoms with Crippen molar-refractivity contribution in [3.05, 3.63) is 29.8 Å². The van der Waals surface area contributed by atoms with Gasteiger partial charge in [-0.05, 0) is 31.9 Å². The van der Waals surface area contributed by atoms with Crippen LogP contribution in [0.1, 0.15) is 30.1 Å². The van der Waals surface area contributed by atoms with Gasteiger partial charge in [-0.15, -0.1) is 11.8 Å². The summed E-state index contributed by atoms with van der Waals surface area (Å²) in [6.07, 6.45) is 2.37. The molecule has 1 fully saturated rings. The molecule has 0 heterocycles. The van der Waals surface area contributed by atoms with Crippen LogP contribution in [0.3, 0.4) is 0 Å². The number of rotatable bonds is 5. The second kappa shape index (κ2) is 5.36. The molecular formula is C13H14O3S. The van der Waals surface area contributed by atoms with Gasteiger partial charge in [-0.1, -0.05) is 12.1 Å². The van der Waals surface area contributed by atoms with Crippen LogP contribution in [0.2, 0.25) is 0 Å². The highest BCUT2D eigenvalue weighted by atomic mass is 32.2. The zero-order valence-corrected chi connectivity index (χ0v) is 10.5. The molecule has 1 aliphatic carbocycles. The first-order valence-corrected chi connectivity index (χ1v) is 6.57. The predicted octanol–water partition coefficient (Wildman–Crippen LogP) is 2.69. The normalized spacial score (nSPS) is 14.4. The molecule has 1 aliphatic rings. The van der Waals surface area contributed by atoms with Crippen molar-refractivity contribution in [2.75, 3.05) is 6.61 Å². The van der Waals surface area contributed by atoms with Gasteiger partial charge in [0.25, 0.3) is 5.78 Å². The Bertz CT molecular complexity index is 438. The van der Waals surface area contributed by atoms with Gasteiger partial charge in [0.2, 0.25) is 0 Å². The third-order valence-electron chi connectivity index (χ3n) is 2.41. The molecule has 17 heavy (non-hydrogen) atoms. The average molecular weight is 250 g/mol. The monoisotopic (exact) mass is 250 g/mol. The van der Waals surface area contributed by atoms with Crippen LogP contribution in [0.5, 0.6) is 0 Å². The summed E-state index contributed by atoms with van der Waals surface area (Å²) in [5.74, 6) is -1.31. The molecule has 1 aromatic rings. The third kappa shape index (κ3) is 3.09. The van der Waals surface area contributed by atoms with E-state index in [1.165, 1.54) is 12.8 Å². The van der Waals surface area contributed by atoms with Gasteiger partial charge in [0.05, 0.1) is 6.61 Å². The second-order valence-electron chi connectivity index (χ2n) is 3.86.